The Bertz CT molecular complexity index is 627. The summed E-state index contributed by atoms with van der Waals surface area (Å²) in [6.07, 6.45) is 3.51. The van der Waals surface area contributed by atoms with Crippen LogP contribution in [-0.2, 0) is 17.1 Å². The quantitative estimate of drug-likeness (QED) is 0.782. The van der Waals surface area contributed by atoms with Crippen molar-refractivity contribution >= 4 is 28.7 Å². The van der Waals surface area contributed by atoms with Crippen LogP contribution in [0.3, 0.4) is 0 Å². The van der Waals surface area contributed by atoms with Crippen LogP contribution in [0, 0.1) is 0 Å². The summed E-state index contributed by atoms with van der Waals surface area (Å²) in [4.78, 5) is 16.9. The van der Waals surface area contributed by atoms with Crippen LogP contribution < -0.4 is 5.32 Å². The number of amides is 1. The topological polar surface area (TPSA) is 67.2 Å². The van der Waals surface area contributed by atoms with Crippen LogP contribution in [0.5, 0.6) is 0 Å². The van der Waals surface area contributed by atoms with Crippen LogP contribution in [0.15, 0.2) is 24.3 Å². The molecule has 0 saturated carbocycles. The van der Waals surface area contributed by atoms with E-state index in [1.54, 1.807) is 11.8 Å². The fourth-order valence-corrected chi connectivity index (χ4v) is 2.95. The number of hydrogen-bond acceptors (Lipinski definition) is 4. The minimum atomic E-state index is -0.0176. The largest absolute Gasteiger partial charge is 0.396 e. The molecule has 6 heteroatoms. The summed E-state index contributed by atoms with van der Waals surface area (Å²) in [7, 11) is 0. The normalized spacial score (nSPS) is 12.5. The van der Waals surface area contributed by atoms with Gasteiger partial charge < -0.3 is 15.0 Å². The number of carbonyl (C=O) groups excluding carboxylic acids is 1. The number of benzene rings is 1. The number of aliphatic hydroxyl groups excluding tert-OH is 1. The average Bonchev–Trinajstić information content (AvgIpc) is 2.83. The van der Waals surface area contributed by atoms with Gasteiger partial charge in [0.15, 0.2) is 0 Å². The van der Waals surface area contributed by atoms with Crippen molar-refractivity contribution in [2.75, 3.05) is 12.9 Å². The Morgan fingerprint density at radius 1 is 1.45 bits per heavy atom. The lowest BCUT2D eigenvalue weighted by Crippen LogP contribution is -2.35. The van der Waals surface area contributed by atoms with Gasteiger partial charge in [0.2, 0.25) is 5.91 Å². The minimum Gasteiger partial charge on any atom is -0.396 e. The van der Waals surface area contributed by atoms with Gasteiger partial charge in [0, 0.05) is 12.6 Å². The molecule has 1 atom stereocenters. The number of para-hydroxylation sites is 2. The predicted octanol–water partition coefficient (Wildman–Crippen LogP) is 2.18. The van der Waals surface area contributed by atoms with Crippen molar-refractivity contribution in [3.05, 3.63) is 30.1 Å². The maximum Gasteiger partial charge on any atom is 0.240 e. The number of nitrogens with zero attached hydrogens (tertiary/aromatic N) is 2. The summed E-state index contributed by atoms with van der Waals surface area (Å²) in [6, 6.07) is 7.95. The van der Waals surface area contributed by atoms with E-state index in [-0.39, 0.29) is 25.1 Å². The third-order valence-electron chi connectivity index (χ3n) is 3.51. The molecule has 2 aromatic rings. The molecular weight excluding hydrogens is 298 g/mol. The van der Waals surface area contributed by atoms with Crippen molar-refractivity contribution in [2.24, 2.45) is 0 Å². The van der Waals surface area contributed by atoms with Crippen molar-refractivity contribution in [1.82, 2.24) is 14.9 Å². The molecule has 0 spiro atoms. The number of thioether (sulfide) groups is 1. The van der Waals surface area contributed by atoms with E-state index in [4.69, 9.17) is 5.11 Å². The first-order chi connectivity index (χ1) is 10.7. The lowest BCUT2D eigenvalue weighted by Gasteiger charge is -2.14. The molecule has 22 heavy (non-hydrogen) atoms. The Morgan fingerprint density at radius 2 is 2.23 bits per heavy atom. The van der Waals surface area contributed by atoms with Crippen LogP contribution in [0.25, 0.3) is 11.0 Å². The van der Waals surface area contributed by atoms with Crippen molar-refractivity contribution in [3.8, 4) is 0 Å². The molecule has 2 N–H and O–H groups in total. The second kappa shape index (κ2) is 8.19. The molecule has 0 bridgehead atoms. The van der Waals surface area contributed by atoms with Gasteiger partial charge in [0.05, 0.1) is 16.8 Å². The van der Waals surface area contributed by atoms with E-state index in [9.17, 15) is 4.79 Å². The van der Waals surface area contributed by atoms with Crippen molar-refractivity contribution in [1.29, 1.82) is 0 Å². The SMILES string of the molecule is CSCc1nc2ccccc2n1CC(=O)NC(C)CCCO. The number of imidazole rings is 1. The molecule has 1 aromatic heterocycles. The summed E-state index contributed by atoms with van der Waals surface area (Å²) in [5, 5.41) is 11.8. The number of carbonyl (C=O) groups is 1. The second-order valence-corrected chi connectivity index (χ2v) is 6.24. The fourth-order valence-electron chi connectivity index (χ4n) is 2.47. The molecule has 2 rings (SSSR count). The highest BCUT2D eigenvalue weighted by Gasteiger charge is 2.14. The highest BCUT2D eigenvalue weighted by molar-refractivity contribution is 7.97. The van der Waals surface area contributed by atoms with E-state index < -0.39 is 0 Å². The molecule has 120 valence electrons. The highest BCUT2D eigenvalue weighted by atomic mass is 32.2. The van der Waals surface area contributed by atoms with Gasteiger partial charge in [-0.15, -0.1) is 0 Å². The van der Waals surface area contributed by atoms with Gasteiger partial charge in [-0.1, -0.05) is 12.1 Å². The predicted molar refractivity (Wildman–Crippen MR) is 90.9 cm³/mol. The maximum atomic E-state index is 12.3. The molecule has 0 aliphatic heterocycles. The molecule has 0 saturated heterocycles. The second-order valence-electron chi connectivity index (χ2n) is 5.37. The fraction of sp³-hybridized carbons (Fsp3) is 0.500. The van der Waals surface area contributed by atoms with E-state index in [0.717, 1.165) is 29.0 Å². The summed E-state index contributed by atoms with van der Waals surface area (Å²) in [6.45, 7) is 2.40. The third kappa shape index (κ3) is 4.24. The van der Waals surface area contributed by atoms with Gasteiger partial charge in [0.25, 0.3) is 0 Å². The maximum absolute atomic E-state index is 12.3. The Hall–Kier alpha value is -1.53. The molecule has 5 nitrogen and oxygen atoms in total. The Balaban J connectivity index is 2.12. The van der Waals surface area contributed by atoms with E-state index in [0.29, 0.717) is 6.42 Å². The van der Waals surface area contributed by atoms with Gasteiger partial charge in [-0.3, -0.25) is 4.79 Å². The van der Waals surface area contributed by atoms with Gasteiger partial charge >= 0.3 is 0 Å². The van der Waals surface area contributed by atoms with E-state index in [1.807, 2.05) is 42.0 Å². The number of aromatic nitrogens is 2. The molecule has 0 radical (unpaired) electrons. The lowest BCUT2D eigenvalue weighted by atomic mass is 10.2. The van der Waals surface area contributed by atoms with E-state index >= 15 is 0 Å². The monoisotopic (exact) mass is 321 g/mol. The Kier molecular flexibility index (Phi) is 6.27. The minimum absolute atomic E-state index is 0.0176. The molecule has 1 aromatic carbocycles. The van der Waals surface area contributed by atoms with Crippen molar-refractivity contribution in [3.63, 3.8) is 0 Å². The molecule has 1 unspecified atom stereocenters. The van der Waals surface area contributed by atoms with Gasteiger partial charge in [0.1, 0.15) is 12.4 Å². The zero-order valence-electron chi connectivity index (χ0n) is 13.1. The van der Waals surface area contributed by atoms with E-state index in [2.05, 4.69) is 10.3 Å². The summed E-state index contributed by atoms with van der Waals surface area (Å²) in [5.41, 5.74) is 1.91. The van der Waals surface area contributed by atoms with Crippen LogP contribution in [0.4, 0.5) is 0 Å². The Labute approximate surface area is 135 Å². The van der Waals surface area contributed by atoms with Crippen LogP contribution in [-0.4, -0.2) is 39.5 Å². The third-order valence-corrected chi connectivity index (χ3v) is 4.06. The number of hydrogen-bond donors (Lipinski definition) is 2. The molecular formula is C16H23N3O2S. The zero-order valence-corrected chi connectivity index (χ0v) is 13.9. The number of aliphatic hydroxyl groups is 1. The highest BCUT2D eigenvalue weighted by Crippen LogP contribution is 2.18. The van der Waals surface area contributed by atoms with Crippen molar-refractivity contribution in [2.45, 2.75) is 38.1 Å². The van der Waals surface area contributed by atoms with Crippen LogP contribution >= 0.6 is 11.8 Å². The van der Waals surface area contributed by atoms with E-state index in [1.165, 1.54) is 0 Å². The first kappa shape index (κ1) is 16.8. The molecule has 0 aliphatic carbocycles. The first-order valence-electron chi connectivity index (χ1n) is 7.49. The summed E-state index contributed by atoms with van der Waals surface area (Å²) < 4.78 is 1.99. The standard InChI is InChI=1S/C16H23N3O2S/c1-12(6-5-9-20)17-16(21)10-19-14-8-4-3-7-13(14)18-15(19)11-22-2/h3-4,7-8,12,20H,5-6,9-11H2,1-2H3,(H,17,21). The molecule has 0 fully saturated rings. The molecule has 1 heterocycles. The number of nitrogens with one attached hydrogen (secondary N) is 1. The summed E-state index contributed by atoms with van der Waals surface area (Å²) in [5.74, 6) is 1.69. The van der Waals surface area contributed by atoms with Gasteiger partial charge in [-0.25, -0.2) is 4.98 Å². The van der Waals surface area contributed by atoms with Crippen molar-refractivity contribution < 1.29 is 9.90 Å². The summed E-state index contributed by atoms with van der Waals surface area (Å²) >= 11 is 1.69. The molecule has 0 aliphatic rings. The van der Waals surface area contributed by atoms with Gasteiger partial charge in [-0.05, 0) is 38.2 Å². The van der Waals surface area contributed by atoms with Gasteiger partial charge in [-0.2, -0.15) is 11.8 Å². The average molecular weight is 321 g/mol. The Morgan fingerprint density at radius 3 is 2.95 bits per heavy atom. The number of fused-ring (bicyclic) bond motifs is 1. The lowest BCUT2D eigenvalue weighted by molar-refractivity contribution is -0.122. The zero-order chi connectivity index (χ0) is 15.9. The van der Waals surface area contributed by atoms with Crippen LogP contribution in [0.2, 0.25) is 0 Å². The first-order valence-corrected chi connectivity index (χ1v) is 8.88. The van der Waals surface area contributed by atoms with Crippen LogP contribution in [0.1, 0.15) is 25.6 Å². The number of rotatable bonds is 8. The molecule has 1 amide bonds. The smallest absolute Gasteiger partial charge is 0.240 e.